The van der Waals surface area contributed by atoms with Gasteiger partial charge in [-0.3, -0.25) is 0 Å². The van der Waals surface area contributed by atoms with Crippen LogP contribution in [0.25, 0.3) is 0 Å². The maximum atomic E-state index is 10.3. The number of thiol groups is 1. The van der Waals surface area contributed by atoms with Crippen molar-refractivity contribution in [1.82, 2.24) is 14.0 Å². The number of hydrogen-bond donors (Lipinski definition) is 2. The second-order valence-corrected chi connectivity index (χ2v) is 3.57. The van der Waals surface area contributed by atoms with Crippen LogP contribution in [0.3, 0.4) is 0 Å². The van der Waals surface area contributed by atoms with Crippen LogP contribution in [0.1, 0.15) is 0 Å². The van der Waals surface area contributed by atoms with Gasteiger partial charge in [-0.15, -0.1) is 8.42 Å². The summed E-state index contributed by atoms with van der Waals surface area (Å²) in [5.41, 5.74) is 0. The number of ether oxygens (including phenoxy) is 2. The van der Waals surface area contributed by atoms with Gasteiger partial charge in [0.05, 0.1) is 20.3 Å². The van der Waals surface area contributed by atoms with E-state index in [-0.39, 0.29) is 22.9 Å². The van der Waals surface area contributed by atoms with E-state index >= 15 is 0 Å². The number of methoxy groups -OCH3 is 2. The minimum absolute atomic E-state index is 0.0559. The van der Waals surface area contributed by atoms with Gasteiger partial charge in [-0.2, -0.15) is 15.3 Å². The molecule has 0 amide bonds. The van der Waals surface area contributed by atoms with E-state index in [2.05, 4.69) is 32.0 Å². The topological polar surface area (TPSA) is 105 Å². The van der Waals surface area contributed by atoms with Crippen molar-refractivity contribution in [2.75, 3.05) is 19.5 Å². The fraction of sp³-hybridized carbons (Fsp3) is 0.286. The van der Waals surface area contributed by atoms with Crippen LogP contribution in [0.5, 0.6) is 11.8 Å². The third-order valence-electron chi connectivity index (χ3n) is 1.48. The molecule has 0 aliphatic carbocycles. The van der Waals surface area contributed by atoms with E-state index in [0.29, 0.717) is 0 Å². The summed E-state index contributed by atoms with van der Waals surface area (Å²) in [6.07, 6.45) is 0. The van der Waals surface area contributed by atoms with Crippen molar-refractivity contribution < 1.29 is 17.9 Å². The highest BCUT2D eigenvalue weighted by Crippen LogP contribution is 2.17. The van der Waals surface area contributed by atoms with Gasteiger partial charge in [0.1, 0.15) is 0 Å². The second kappa shape index (κ2) is 6.09. The molecule has 0 aliphatic rings. The summed E-state index contributed by atoms with van der Waals surface area (Å²) >= 11 is 3.79. The molecule has 1 N–H and O–H groups in total. The molecule has 0 spiro atoms. The molecule has 1 aromatic rings. The highest BCUT2D eigenvalue weighted by molar-refractivity contribution is 7.97. The minimum atomic E-state index is -2.60. The third-order valence-corrected chi connectivity index (χ3v) is 2.16. The van der Waals surface area contributed by atoms with Crippen LogP contribution in [0.2, 0.25) is 0 Å². The summed E-state index contributed by atoms with van der Waals surface area (Å²) in [6.45, 7) is 0. The van der Waals surface area contributed by atoms with Crippen LogP contribution in [0.4, 0.5) is 5.95 Å². The highest BCUT2D eigenvalue weighted by atomic mass is 32.2. The Morgan fingerprint density at radius 3 is 2.29 bits per heavy atom. The number of aromatic nitrogens is 2. The Labute approximate surface area is 104 Å². The van der Waals surface area contributed by atoms with Crippen molar-refractivity contribution >= 4 is 34.2 Å². The highest BCUT2D eigenvalue weighted by Gasteiger charge is 2.12. The Hall–Kier alpha value is -1.77. The summed E-state index contributed by atoms with van der Waals surface area (Å²) in [7, 11) is 0.247. The van der Waals surface area contributed by atoms with E-state index in [9.17, 15) is 8.42 Å². The average Bonchev–Trinajstić information content (AvgIpc) is 2.27. The van der Waals surface area contributed by atoms with Gasteiger partial charge in [0, 0.05) is 0 Å². The summed E-state index contributed by atoms with van der Waals surface area (Å²) in [5, 5.41) is 2.29. The molecule has 17 heavy (non-hydrogen) atoms. The van der Waals surface area contributed by atoms with Gasteiger partial charge in [-0.25, -0.2) is 0 Å². The van der Waals surface area contributed by atoms with Gasteiger partial charge in [0.25, 0.3) is 0 Å². The van der Waals surface area contributed by atoms with Crippen molar-refractivity contribution in [2.24, 2.45) is 0 Å². The molecule has 0 fully saturated rings. The molecule has 0 atom stereocenters. The van der Waals surface area contributed by atoms with Crippen molar-refractivity contribution in [3.8, 4) is 11.8 Å². The summed E-state index contributed by atoms with van der Waals surface area (Å²) in [5.74, 6) is 0.563. The van der Waals surface area contributed by atoms with Gasteiger partial charge in [0.15, 0.2) is 0 Å². The molecule has 0 unspecified atom stereocenters. The van der Waals surface area contributed by atoms with Crippen molar-refractivity contribution in [3.05, 3.63) is 6.07 Å². The molecule has 1 heterocycles. The SMILES string of the molecule is COc1cc(OC)nc(NC(S)=[N+]=S(=O)=O)n1. The van der Waals surface area contributed by atoms with Crippen LogP contribution >= 0.6 is 12.6 Å². The van der Waals surface area contributed by atoms with Gasteiger partial charge in [-0.05, 0) is 12.6 Å². The fourth-order valence-electron chi connectivity index (χ4n) is 0.862. The maximum absolute atomic E-state index is 10.3. The minimum Gasteiger partial charge on any atom is -0.481 e. The molecule has 0 bridgehead atoms. The standard InChI is InChI=1S/C7H8N4O4S2/c1-14-4-3-5(15-2)9-6(8-4)10-7(16)11-17(12)13/h3H,1-2H3,(H,8,9,10,16)/p+1. The Morgan fingerprint density at radius 1 is 1.35 bits per heavy atom. The molecule has 8 nitrogen and oxygen atoms in total. The van der Waals surface area contributed by atoms with Crippen molar-refractivity contribution in [3.63, 3.8) is 0 Å². The number of hydrogen-bond acceptors (Lipinski definition) is 6. The molecular weight excluding hydrogens is 268 g/mol. The Kier molecular flexibility index (Phi) is 4.76. The molecule has 0 radical (unpaired) electrons. The normalized spacial score (nSPS) is 9.12. The van der Waals surface area contributed by atoms with Crippen LogP contribution in [-0.2, 0) is 10.5 Å². The first kappa shape index (κ1) is 13.3. The number of rotatable bonds is 3. The van der Waals surface area contributed by atoms with E-state index < -0.39 is 10.5 Å². The quantitative estimate of drug-likeness (QED) is 0.326. The Balaban J connectivity index is 3.11. The molecule has 1 aromatic heterocycles. The number of nitrogens with one attached hydrogen (secondary N) is 1. The van der Waals surface area contributed by atoms with Crippen molar-refractivity contribution in [1.29, 1.82) is 0 Å². The Morgan fingerprint density at radius 2 is 1.88 bits per heavy atom. The fourth-order valence-corrected chi connectivity index (χ4v) is 1.35. The van der Waals surface area contributed by atoms with Gasteiger partial charge in [-0.1, -0.05) is 4.04 Å². The van der Waals surface area contributed by atoms with Crippen LogP contribution in [-0.4, -0.2) is 37.8 Å². The van der Waals surface area contributed by atoms with Gasteiger partial charge < -0.3 is 9.47 Å². The van der Waals surface area contributed by atoms with E-state index in [1.54, 1.807) is 0 Å². The average molecular weight is 277 g/mol. The first-order valence-electron chi connectivity index (χ1n) is 4.16. The molecule has 92 valence electrons. The molecule has 10 heteroatoms. The maximum Gasteiger partial charge on any atom is 0.480 e. The largest absolute Gasteiger partial charge is 0.481 e. The lowest BCUT2D eigenvalue weighted by molar-refractivity contribution is 0.373. The monoisotopic (exact) mass is 277 g/mol. The number of anilines is 1. The summed E-state index contributed by atoms with van der Waals surface area (Å²) in [4.78, 5) is 7.78. The Bertz CT molecular complexity index is 549. The lowest BCUT2D eigenvalue weighted by Crippen LogP contribution is -2.11. The van der Waals surface area contributed by atoms with E-state index in [1.165, 1.54) is 20.3 Å². The molecule has 1 rings (SSSR count). The first-order chi connectivity index (χ1) is 8.05. The second-order valence-electron chi connectivity index (χ2n) is 2.53. The molecule has 0 saturated carbocycles. The lowest BCUT2D eigenvalue weighted by Gasteiger charge is -2.02. The van der Waals surface area contributed by atoms with Crippen molar-refractivity contribution in [2.45, 2.75) is 0 Å². The predicted molar refractivity (Wildman–Crippen MR) is 63.8 cm³/mol. The molecule has 0 saturated heterocycles. The first-order valence-corrected chi connectivity index (χ1v) is 5.64. The molecule has 0 aromatic carbocycles. The number of nitrogens with zero attached hydrogens (tertiary/aromatic N) is 3. The summed E-state index contributed by atoms with van der Waals surface area (Å²) in [6, 6.07) is 1.46. The molecular formula is C7H9N4O4S2+. The lowest BCUT2D eigenvalue weighted by atomic mass is 10.6. The predicted octanol–water partition coefficient (Wildman–Crippen LogP) is -0.679. The van der Waals surface area contributed by atoms with E-state index in [4.69, 9.17) is 9.47 Å². The van der Waals surface area contributed by atoms with Crippen LogP contribution in [0, 0.1) is 0 Å². The summed E-state index contributed by atoms with van der Waals surface area (Å²) < 4.78 is 33.5. The smallest absolute Gasteiger partial charge is 0.480 e. The third kappa shape index (κ3) is 4.31. The zero-order valence-electron chi connectivity index (χ0n) is 8.91. The van der Waals surface area contributed by atoms with Gasteiger partial charge in [0.2, 0.25) is 11.8 Å². The zero-order valence-corrected chi connectivity index (χ0v) is 10.6. The number of amidine groups is 1. The van der Waals surface area contributed by atoms with Crippen LogP contribution in [0.15, 0.2) is 6.07 Å². The van der Waals surface area contributed by atoms with Gasteiger partial charge >= 0.3 is 21.6 Å². The molecule has 0 aliphatic heterocycles. The zero-order chi connectivity index (χ0) is 12.8. The van der Waals surface area contributed by atoms with Crippen LogP contribution < -0.4 is 18.8 Å². The van der Waals surface area contributed by atoms with E-state index in [0.717, 1.165) is 0 Å². The van der Waals surface area contributed by atoms with E-state index in [1.807, 2.05) is 0 Å².